The number of carbonyl (C=O) groups is 2. The molecule has 2 heterocycles. The highest BCUT2D eigenvalue weighted by molar-refractivity contribution is 7.99. The van der Waals surface area contributed by atoms with E-state index in [-0.39, 0.29) is 17.7 Å². The van der Waals surface area contributed by atoms with Gasteiger partial charge in [0.2, 0.25) is 0 Å². The van der Waals surface area contributed by atoms with Crippen molar-refractivity contribution in [2.75, 3.05) is 24.7 Å². The Kier molecular flexibility index (Phi) is 4.80. The average Bonchev–Trinajstić information content (AvgIpc) is 2.37. The Balaban J connectivity index is 1.94. The maximum absolute atomic E-state index is 12.3. The highest BCUT2D eigenvalue weighted by Gasteiger charge is 2.35. The molecule has 114 valence electrons. The fraction of sp³-hybridized carbons (Fsp3) is 0.846. The van der Waals surface area contributed by atoms with Crippen molar-refractivity contribution in [2.45, 2.75) is 44.4 Å². The number of nitrogens with one attached hydrogen (secondary N) is 1. The van der Waals surface area contributed by atoms with Gasteiger partial charge in [0.25, 0.3) is 0 Å². The smallest absolute Gasteiger partial charge is 0.327 e. The maximum atomic E-state index is 12.3. The normalized spacial score (nSPS) is 29.8. The number of carboxylic acids is 1. The Morgan fingerprint density at radius 2 is 2.20 bits per heavy atom. The van der Waals surface area contributed by atoms with Gasteiger partial charge in [0, 0.05) is 30.7 Å². The monoisotopic (exact) mass is 302 g/mol. The third kappa shape index (κ3) is 3.79. The Labute approximate surface area is 123 Å². The SMILES string of the molecule is CC1(C)CC(NC(=O)N2CCSCC2C(=O)O)CCO1. The zero-order valence-electron chi connectivity index (χ0n) is 11.9. The van der Waals surface area contributed by atoms with Crippen LogP contribution in [-0.4, -0.2) is 64.3 Å². The van der Waals surface area contributed by atoms with Crippen molar-refractivity contribution in [2.24, 2.45) is 0 Å². The molecule has 0 aromatic carbocycles. The first kappa shape index (κ1) is 15.4. The molecule has 0 radical (unpaired) electrons. The molecule has 0 saturated carbocycles. The van der Waals surface area contributed by atoms with Crippen LogP contribution in [0.4, 0.5) is 4.79 Å². The summed E-state index contributed by atoms with van der Waals surface area (Å²) in [7, 11) is 0. The molecule has 2 unspecified atom stereocenters. The number of urea groups is 1. The lowest BCUT2D eigenvalue weighted by Crippen LogP contribution is -2.57. The van der Waals surface area contributed by atoms with E-state index < -0.39 is 12.0 Å². The van der Waals surface area contributed by atoms with E-state index in [1.807, 2.05) is 13.8 Å². The number of thioether (sulfide) groups is 1. The number of aliphatic carboxylic acids is 1. The van der Waals surface area contributed by atoms with E-state index >= 15 is 0 Å². The van der Waals surface area contributed by atoms with E-state index in [4.69, 9.17) is 4.74 Å². The van der Waals surface area contributed by atoms with Crippen molar-refractivity contribution in [1.29, 1.82) is 0 Å². The fourth-order valence-corrected chi connectivity index (χ4v) is 3.70. The number of rotatable bonds is 2. The van der Waals surface area contributed by atoms with Gasteiger partial charge >= 0.3 is 12.0 Å². The molecule has 0 aliphatic carbocycles. The molecule has 2 atom stereocenters. The summed E-state index contributed by atoms with van der Waals surface area (Å²) < 4.78 is 5.62. The van der Waals surface area contributed by atoms with Crippen molar-refractivity contribution < 1.29 is 19.4 Å². The molecule has 2 amide bonds. The second-order valence-corrected chi connectivity index (χ2v) is 7.02. The van der Waals surface area contributed by atoms with Crippen LogP contribution in [0.3, 0.4) is 0 Å². The number of hydrogen-bond donors (Lipinski definition) is 2. The standard InChI is InChI=1S/C13H22N2O4S/c1-13(2)7-9(3-5-19-13)14-12(18)15-4-6-20-8-10(15)11(16)17/h9-10H,3-8H2,1-2H3,(H,14,18)(H,16,17). The number of carboxylic acid groups (broad SMARTS) is 1. The molecule has 2 rings (SSSR count). The molecule has 20 heavy (non-hydrogen) atoms. The van der Waals surface area contributed by atoms with Gasteiger partial charge in [0.05, 0.1) is 5.60 Å². The van der Waals surface area contributed by atoms with Gasteiger partial charge in [-0.15, -0.1) is 0 Å². The summed E-state index contributed by atoms with van der Waals surface area (Å²) in [6.07, 6.45) is 1.52. The molecule has 6 nitrogen and oxygen atoms in total. The quantitative estimate of drug-likeness (QED) is 0.800. The molecule has 2 saturated heterocycles. The van der Waals surface area contributed by atoms with Crippen LogP contribution in [0.15, 0.2) is 0 Å². The average molecular weight is 302 g/mol. The van der Waals surface area contributed by atoms with Gasteiger partial charge in [0.1, 0.15) is 6.04 Å². The first-order chi connectivity index (χ1) is 9.39. The second kappa shape index (κ2) is 6.22. The van der Waals surface area contributed by atoms with Crippen molar-refractivity contribution in [3.8, 4) is 0 Å². The molecule has 2 fully saturated rings. The largest absolute Gasteiger partial charge is 0.480 e. The van der Waals surface area contributed by atoms with Gasteiger partial charge < -0.3 is 20.1 Å². The first-order valence-electron chi connectivity index (χ1n) is 6.91. The van der Waals surface area contributed by atoms with Crippen LogP contribution >= 0.6 is 11.8 Å². The molecule has 0 aromatic rings. The van der Waals surface area contributed by atoms with Crippen LogP contribution in [0.2, 0.25) is 0 Å². The van der Waals surface area contributed by atoms with Crippen molar-refractivity contribution in [3.05, 3.63) is 0 Å². The number of nitrogens with zero attached hydrogens (tertiary/aromatic N) is 1. The van der Waals surface area contributed by atoms with Gasteiger partial charge in [-0.3, -0.25) is 0 Å². The summed E-state index contributed by atoms with van der Waals surface area (Å²) in [4.78, 5) is 24.9. The van der Waals surface area contributed by atoms with Gasteiger partial charge in [-0.05, 0) is 26.7 Å². The summed E-state index contributed by atoms with van der Waals surface area (Å²) in [6, 6.07) is -0.933. The Morgan fingerprint density at radius 3 is 2.85 bits per heavy atom. The lowest BCUT2D eigenvalue weighted by Gasteiger charge is -2.38. The Bertz CT molecular complexity index is 389. The predicted molar refractivity (Wildman–Crippen MR) is 77.0 cm³/mol. The summed E-state index contributed by atoms with van der Waals surface area (Å²) in [6.45, 7) is 5.11. The van der Waals surface area contributed by atoms with Crippen molar-refractivity contribution in [1.82, 2.24) is 10.2 Å². The molecule has 2 aliphatic heterocycles. The van der Waals surface area contributed by atoms with Crippen LogP contribution in [0.5, 0.6) is 0 Å². The highest BCUT2D eigenvalue weighted by Crippen LogP contribution is 2.24. The third-order valence-corrected chi connectivity index (χ3v) is 4.72. The topological polar surface area (TPSA) is 78.9 Å². The van der Waals surface area contributed by atoms with Gasteiger partial charge in [-0.25, -0.2) is 9.59 Å². The molecule has 7 heteroatoms. The highest BCUT2D eigenvalue weighted by atomic mass is 32.2. The summed E-state index contributed by atoms with van der Waals surface area (Å²) in [5, 5.41) is 12.2. The number of carbonyl (C=O) groups excluding carboxylic acids is 1. The lowest BCUT2D eigenvalue weighted by molar-refractivity contribution is -0.141. The zero-order valence-corrected chi connectivity index (χ0v) is 12.7. The van der Waals surface area contributed by atoms with E-state index in [0.29, 0.717) is 18.9 Å². The van der Waals surface area contributed by atoms with Gasteiger partial charge in [-0.2, -0.15) is 11.8 Å². The van der Waals surface area contributed by atoms with E-state index in [2.05, 4.69) is 5.32 Å². The minimum absolute atomic E-state index is 0.0512. The molecular weight excluding hydrogens is 280 g/mol. The Morgan fingerprint density at radius 1 is 1.45 bits per heavy atom. The lowest BCUT2D eigenvalue weighted by atomic mass is 9.94. The zero-order chi connectivity index (χ0) is 14.8. The Hall–Kier alpha value is -0.950. The van der Waals surface area contributed by atoms with Crippen LogP contribution in [0.25, 0.3) is 0 Å². The number of hydrogen-bond acceptors (Lipinski definition) is 4. The molecular formula is C13H22N2O4S. The van der Waals surface area contributed by atoms with Gasteiger partial charge in [0.15, 0.2) is 0 Å². The maximum Gasteiger partial charge on any atom is 0.327 e. The molecule has 0 spiro atoms. The van der Waals surface area contributed by atoms with Gasteiger partial charge in [-0.1, -0.05) is 0 Å². The molecule has 2 aliphatic rings. The second-order valence-electron chi connectivity index (χ2n) is 5.87. The van der Waals surface area contributed by atoms with Crippen LogP contribution in [0, 0.1) is 0 Å². The van der Waals surface area contributed by atoms with Crippen molar-refractivity contribution in [3.63, 3.8) is 0 Å². The van der Waals surface area contributed by atoms with E-state index in [1.54, 1.807) is 11.8 Å². The minimum atomic E-state index is -0.931. The minimum Gasteiger partial charge on any atom is -0.480 e. The predicted octanol–water partition coefficient (Wildman–Crippen LogP) is 1.16. The fourth-order valence-electron chi connectivity index (χ4n) is 2.66. The number of amides is 2. The van der Waals surface area contributed by atoms with E-state index in [0.717, 1.165) is 18.6 Å². The summed E-state index contributed by atoms with van der Waals surface area (Å²) >= 11 is 1.58. The third-order valence-electron chi connectivity index (χ3n) is 3.70. The number of ether oxygens (including phenoxy) is 1. The molecule has 2 N–H and O–H groups in total. The van der Waals surface area contributed by atoms with Crippen LogP contribution in [-0.2, 0) is 9.53 Å². The first-order valence-corrected chi connectivity index (χ1v) is 8.06. The summed E-state index contributed by atoms with van der Waals surface area (Å²) in [5.41, 5.74) is -0.236. The van der Waals surface area contributed by atoms with E-state index in [9.17, 15) is 14.7 Å². The van der Waals surface area contributed by atoms with Crippen molar-refractivity contribution >= 4 is 23.8 Å². The molecule has 0 aromatic heterocycles. The summed E-state index contributed by atoms with van der Waals surface area (Å²) in [5.74, 6) is 0.318. The van der Waals surface area contributed by atoms with E-state index in [1.165, 1.54) is 4.90 Å². The van der Waals surface area contributed by atoms with Crippen LogP contribution < -0.4 is 5.32 Å². The van der Waals surface area contributed by atoms with Crippen LogP contribution in [0.1, 0.15) is 26.7 Å². The molecule has 0 bridgehead atoms.